The molecule has 3 nitrogen and oxygen atoms in total. The number of thiophene rings is 1. The van der Waals surface area contributed by atoms with E-state index in [-0.39, 0.29) is 0 Å². The number of hydrogen-bond acceptors (Lipinski definition) is 4. The highest BCUT2D eigenvalue weighted by Crippen LogP contribution is 2.40. The molecule has 0 aliphatic rings. The minimum atomic E-state index is 0.629. The Kier molecular flexibility index (Phi) is 6.68. The van der Waals surface area contributed by atoms with Crippen molar-refractivity contribution in [2.45, 2.75) is 0 Å². The lowest BCUT2D eigenvalue weighted by molar-refractivity contribution is 0.669. The van der Waals surface area contributed by atoms with Crippen LogP contribution in [0.4, 0.5) is 0 Å². The zero-order chi connectivity index (χ0) is 33.0. The predicted molar refractivity (Wildman–Crippen MR) is 209 cm³/mol. The molecule has 0 spiro atoms. The molecule has 234 valence electrons. The van der Waals surface area contributed by atoms with Crippen molar-refractivity contribution in [2.24, 2.45) is 0 Å². The van der Waals surface area contributed by atoms with Crippen molar-refractivity contribution in [3.05, 3.63) is 170 Å². The summed E-state index contributed by atoms with van der Waals surface area (Å²) in [5.74, 6) is 0.629. The lowest BCUT2D eigenvalue weighted by Crippen LogP contribution is -1.97. The maximum atomic E-state index is 6.46. The van der Waals surface area contributed by atoms with Gasteiger partial charge in [-0.05, 0) is 76.9 Å². The van der Waals surface area contributed by atoms with Crippen LogP contribution in [-0.4, -0.2) is 9.97 Å². The molecule has 4 heteroatoms. The van der Waals surface area contributed by atoms with Gasteiger partial charge in [0.15, 0.2) is 5.82 Å². The maximum Gasteiger partial charge on any atom is 0.164 e. The molecule has 0 amide bonds. The van der Waals surface area contributed by atoms with Gasteiger partial charge in [-0.15, -0.1) is 11.3 Å². The predicted octanol–water partition coefficient (Wildman–Crippen LogP) is 13.1. The summed E-state index contributed by atoms with van der Waals surface area (Å²) in [6, 6.07) is 59.7. The average Bonchev–Trinajstić information content (AvgIpc) is 3.76. The summed E-state index contributed by atoms with van der Waals surface area (Å²) in [5.41, 5.74) is 10.9. The first-order chi connectivity index (χ1) is 24.7. The first kappa shape index (κ1) is 28.6. The number of fused-ring (bicyclic) bond motifs is 6. The molecule has 7 aromatic carbocycles. The molecular formula is C46H28N2OS. The van der Waals surface area contributed by atoms with Crippen LogP contribution in [-0.2, 0) is 0 Å². The van der Waals surface area contributed by atoms with E-state index in [1.807, 2.05) is 35.6 Å². The summed E-state index contributed by atoms with van der Waals surface area (Å²) in [6.07, 6.45) is 0. The van der Waals surface area contributed by atoms with Crippen molar-refractivity contribution in [1.82, 2.24) is 9.97 Å². The number of hydrogen-bond donors (Lipinski definition) is 0. The Morgan fingerprint density at radius 2 is 1.00 bits per heavy atom. The fraction of sp³-hybridized carbons (Fsp3) is 0. The summed E-state index contributed by atoms with van der Waals surface area (Å²) >= 11 is 1.84. The first-order valence-corrected chi connectivity index (χ1v) is 17.5. The summed E-state index contributed by atoms with van der Waals surface area (Å²) in [6.45, 7) is 0. The van der Waals surface area contributed by atoms with Gasteiger partial charge < -0.3 is 4.42 Å². The average molecular weight is 657 g/mol. The quantitative estimate of drug-likeness (QED) is 0.185. The molecule has 0 saturated heterocycles. The largest absolute Gasteiger partial charge is 0.455 e. The molecule has 0 atom stereocenters. The third kappa shape index (κ3) is 4.89. The second kappa shape index (κ2) is 11.7. The fourth-order valence-electron chi connectivity index (χ4n) is 7.04. The van der Waals surface area contributed by atoms with E-state index in [1.165, 1.54) is 25.7 Å². The molecule has 0 aliphatic heterocycles. The van der Waals surface area contributed by atoms with E-state index in [2.05, 4.69) is 146 Å². The van der Waals surface area contributed by atoms with Gasteiger partial charge >= 0.3 is 0 Å². The standard InChI is InChI=1S/C46H28N2OS/c1-3-12-29(13-4-1)32-24-33(31-22-23-44-39(27-31)36-17-8-10-21-43(36)50-44)26-34(25-32)41-28-40(30-14-5-2-6-15-30)47-46(48-41)38-19-11-18-37-35-16-7-9-20-42(35)49-45(37)38/h1-28H. The molecule has 50 heavy (non-hydrogen) atoms. The van der Waals surface area contributed by atoms with Gasteiger partial charge in [-0.1, -0.05) is 115 Å². The van der Waals surface area contributed by atoms with Crippen molar-refractivity contribution in [3.8, 4) is 56.2 Å². The van der Waals surface area contributed by atoms with Crippen LogP contribution in [0.2, 0.25) is 0 Å². The van der Waals surface area contributed by atoms with Crippen LogP contribution in [0.5, 0.6) is 0 Å². The number of rotatable bonds is 5. The van der Waals surface area contributed by atoms with Crippen LogP contribution in [0, 0.1) is 0 Å². The normalized spacial score (nSPS) is 11.6. The van der Waals surface area contributed by atoms with Crippen molar-refractivity contribution in [1.29, 1.82) is 0 Å². The van der Waals surface area contributed by atoms with E-state index in [4.69, 9.17) is 14.4 Å². The Morgan fingerprint density at radius 1 is 0.380 bits per heavy atom. The fourth-order valence-corrected chi connectivity index (χ4v) is 8.13. The first-order valence-electron chi connectivity index (χ1n) is 16.7. The Hall–Kier alpha value is -6.36. The van der Waals surface area contributed by atoms with Gasteiger partial charge in [-0.3, -0.25) is 0 Å². The van der Waals surface area contributed by atoms with E-state index in [0.29, 0.717) is 5.82 Å². The molecule has 0 aliphatic carbocycles. The van der Waals surface area contributed by atoms with Gasteiger partial charge in [-0.2, -0.15) is 0 Å². The number of benzene rings is 7. The number of para-hydroxylation sites is 2. The third-order valence-electron chi connectivity index (χ3n) is 9.49. The van der Waals surface area contributed by atoms with Crippen LogP contribution in [0.1, 0.15) is 0 Å². The summed E-state index contributed by atoms with van der Waals surface area (Å²) in [7, 11) is 0. The topological polar surface area (TPSA) is 38.9 Å². The summed E-state index contributed by atoms with van der Waals surface area (Å²) in [4.78, 5) is 10.5. The molecular weight excluding hydrogens is 629 g/mol. The smallest absolute Gasteiger partial charge is 0.164 e. The Labute approximate surface area is 292 Å². The van der Waals surface area contributed by atoms with Crippen LogP contribution in [0.15, 0.2) is 174 Å². The van der Waals surface area contributed by atoms with Crippen LogP contribution < -0.4 is 0 Å². The monoisotopic (exact) mass is 656 g/mol. The maximum absolute atomic E-state index is 6.46. The van der Waals surface area contributed by atoms with E-state index in [0.717, 1.165) is 66.7 Å². The zero-order valence-corrected chi connectivity index (χ0v) is 27.7. The Bertz CT molecular complexity index is 2870. The molecule has 0 fully saturated rings. The highest BCUT2D eigenvalue weighted by Gasteiger charge is 2.18. The van der Waals surface area contributed by atoms with Gasteiger partial charge in [0.2, 0.25) is 0 Å². The van der Waals surface area contributed by atoms with Crippen LogP contribution in [0.25, 0.3) is 98.3 Å². The number of furan rings is 1. The van der Waals surface area contributed by atoms with Gasteiger partial charge in [0.1, 0.15) is 11.2 Å². The Balaban J connectivity index is 1.21. The minimum absolute atomic E-state index is 0.629. The van der Waals surface area contributed by atoms with Crippen molar-refractivity contribution in [3.63, 3.8) is 0 Å². The molecule has 10 rings (SSSR count). The molecule has 0 saturated carbocycles. The summed E-state index contributed by atoms with van der Waals surface area (Å²) < 4.78 is 9.06. The summed E-state index contributed by atoms with van der Waals surface area (Å²) in [5, 5.41) is 4.71. The van der Waals surface area contributed by atoms with Crippen molar-refractivity contribution < 1.29 is 4.42 Å². The number of aromatic nitrogens is 2. The van der Waals surface area contributed by atoms with Gasteiger partial charge in [-0.25, -0.2) is 9.97 Å². The molecule has 0 unspecified atom stereocenters. The molecule has 3 heterocycles. The third-order valence-corrected chi connectivity index (χ3v) is 10.6. The second-order valence-electron chi connectivity index (χ2n) is 12.6. The molecule has 0 bridgehead atoms. The highest BCUT2D eigenvalue weighted by molar-refractivity contribution is 7.25. The van der Waals surface area contributed by atoms with Crippen LogP contribution in [0.3, 0.4) is 0 Å². The zero-order valence-electron chi connectivity index (χ0n) is 26.9. The minimum Gasteiger partial charge on any atom is -0.455 e. The molecule has 3 aromatic heterocycles. The van der Waals surface area contributed by atoms with Gasteiger partial charge in [0.05, 0.1) is 17.0 Å². The number of nitrogens with zero attached hydrogens (tertiary/aromatic N) is 2. The van der Waals surface area contributed by atoms with Gasteiger partial charge in [0, 0.05) is 42.1 Å². The van der Waals surface area contributed by atoms with E-state index in [9.17, 15) is 0 Å². The lowest BCUT2D eigenvalue weighted by atomic mass is 9.94. The molecule has 0 N–H and O–H groups in total. The SMILES string of the molecule is c1ccc(-c2cc(-c3ccc4sc5ccccc5c4c3)cc(-c3cc(-c4ccccc4)nc(-c4cccc5c4oc4ccccc45)n3)c2)cc1. The Morgan fingerprint density at radius 3 is 1.82 bits per heavy atom. The lowest BCUT2D eigenvalue weighted by Gasteiger charge is -2.13. The highest BCUT2D eigenvalue weighted by atomic mass is 32.1. The second-order valence-corrected chi connectivity index (χ2v) is 13.7. The van der Waals surface area contributed by atoms with Crippen molar-refractivity contribution in [2.75, 3.05) is 0 Å². The van der Waals surface area contributed by atoms with E-state index < -0.39 is 0 Å². The molecule has 10 aromatic rings. The van der Waals surface area contributed by atoms with E-state index >= 15 is 0 Å². The van der Waals surface area contributed by atoms with Crippen molar-refractivity contribution >= 4 is 53.4 Å². The van der Waals surface area contributed by atoms with E-state index in [1.54, 1.807) is 0 Å². The van der Waals surface area contributed by atoms with Crippen LogP contribution >= 0.6 is 11.3 Å². The molecule has 0 radical (unpaired) electrons. The van der Waals surface area contributed by atoms with Gasteiger partial charge in [0.25, 0.3) is 0 Å².